The molecule has 1 N–H and O–H groups in total. The molecule has 2 aliphatic heterocycles. The van der Waals surface area contributed by atoms with Gasteiger partial charge in [0, 0.05) is 25.7 Å². The maximum Gasteiger partial charge on any atom is 0.339 e. The van der Waals surface area contributed by atoms with Crippen LogP contribution in [0.2, 0.25) is 0 Å². The average Bonchev–Trinajstić information content (AvgIpc) is 2.67. The first-order valence-electron chi connectivity index (χ1n) is 7.75. The van der Waals surface area contributed by atoms with Crippen LogP contribution in [0.5, 0.6) is 0 Å². The Morgan fingerprint density at radius 2 is 1.73 bits per heavy atom. The monoisotopic (exact) mass is 369 g/mol. The normalized spacial score (nSPS) is 30.2. The average molecular weight is 370 g/mol. The molecule has 4 nitrogen and oxygen atoms in total. The number of rotatable bonds is 3. The van der Waals surface area contributed by atoms with Crippen molar-refractivity contribution < 1.29 is 36.1 Å². The molecule has 1 aromatic rings. The Labute approximate surface area is 142 Å². The van der Waals surface area contributed by atoms with E-state index in [1.165, 1.54) is 12.8 Å². The number of benzene rings is 1. The van der Waals surface area contributed by atoms with Gasteiger partial charge in [-0.1, -0.05) is 30.3 Å². The lowest BCUT2D eigenvalue weighted by Crippen LogP contribution is -3.00. The number of halogens is 1. The van der Waals surface area contributed by atoms with Crippen molar-refractivity contribution in [2.75, 3.05) is 14.1 Å². The van der Waals surface area contributed by atoms with Crippen LogP contribution in [-0.2, 0) is 9.53 Å². The fourth-order valence-corrected chi connectivity index (χ4v) is 3.93. The lowest BCUT2D eigenvalue weighted by atomic mass is 9.97. The van der Waals surface area contributed by atoms with E-state index >= 15 is 0 Å². The first-order valence-corrected chi connectivity index (χ1v) is 7.75. The maximum absolute atomic E-state index is 12.1. The fraction of sp³-hybridized carbons (Fsp3) is 0.588. The van der Waals surface area contributed by atoms with Crippen LogP contribution in [0, 0.1) is 0 Å². The van der Waals surface area contributed by atoms with Crippen molar-refractivity contribution in [2.24, 2.45) is 0 Å². The molecule has 0 aliphatic carbocycles. The van der Waals surface area contributed by atoms with Crippen molar-refractivity contribution in [1.82, 2.24) is 0 Å². The molecule has 122 valence electrons. The molecule has 4 atom stereocenters. The van der Waals surface area contributed by atoms with E-state index in [4.69, 9.17) is 4.74 Å². The Morgan fingerprint density at radius 1 is 1.18 bits per heavy atom. The van der Waals surface area contributed by atoms with E-state index < -0.39 is 12.1 Å². The first kappa shape index (κ1) is 17.4. The number of aliphatic hydroxyl groups excluding tert-OH is 1. The van der Waals surface area contributed by atoms with Crippen LogP contribution in [-0.4, -0.2) is 47.8 Å². The molecule has 22 heavy (non-hydrogen) atoms. The van der Waals surface area contributed by atoms with Crippen LogP contribution in [0.1, 0.15) is 37.4 Å². The second-order valence-electron chi connectivity index (χ2n) is 6.86. The molecular formula is C17H24BrNO3. The maximum atomic E-state index is 12.1. The number of hydrogen-bond donors (Lipinski definition) is 1. The van der Waals surface area contributed by atoms with Crippen LogP contribution in [0.4, 0.5) is 0 Å². The molecule has 0 spiro atoms. The minimum atomic E-state index is -1.17. The SMILES string of the molecule is C[N+]1(C)[C@@H]2CC[C@H]1CC(OC(=O)C(O)c1ccccc1)C2.[Br-]. The summed E-state index contributed by atoms with van der Waals surface area (Å²) in [4.78, 5) is 12.1. The molecule has 5 heteroatoms. The van der Waals surface area contributed by atoms with E-state index in [-0.39, 0.29) is 23.1 Å². The number of nitrogens with zero attached hydrogens (tertiary/aromatic N) is 1. The number of hydrogen-bond acceptors (Lipinski definition) is 3. The minimum absolute atomic E-state index is 0. The Morgan fingerprint density at radius 3 is 2.27 bits per heavy atom. The Balaban J connectivity index is 0.00000176. The van der Waals surface area contributed by atoms with Crippen LogP contribution in [0.3, 0.4) is 0 Å². The molecule has 2 heterocycles. The molecule has 2 saturated heterocycles. The van der Waals surface area contributed by atoms with Crippen molar-refractivity contribution in [3.05, 3.63) is 35.9 Å². The van der Waals surface area contributed by atoms with Gasteiger partial charge in [0.1, 0.15) is 6.10 Å². The van der Waals surface area contributed by atoms with Crippen LogP contribution >= 0.6 is 0 Å². The van der Waals surface area contributed by atoms with Gasteiger partial charge in [0.15, 0.2) is 6.10 Å². The van der Waals surface area contributed by atoms with Gasteiger partial charge in [0.05, 0.1) is 26.2 Å². The molecule has 3 rings (SSSR count). The zero-order valence-electron chi connectivity index (χ0n) is 13.1. The molecule has 2 bridgehead atoms. The van der Waals surface area contributed by atoms with Crippen LogP contribution < -0.4 is 17.0 Å². The fourth-order valence-electron chi connectivity index (χ4n) is 3.93. The van der Waals surface area contributed by atoms with E-state index in [1.807, 2.05) is 18.2 Å². The number of esters is 1. The summed E-state index contributed by atoms with van der Waals surface area (Å²) in [6.07, 6.45) is 3.04. The second kappa shape index (κ2) is 6.69. The lowest BCUT2D eigenvalue weighted by Gasteiger charge is -2.43. The van der Waals surface area contributed by atoms with E-state index in [0.29, 0.717) is 17.6 Å². The third-order valence-corrected chi connectivity index (χ3v) is 5.41. The van der Waals surface area contributed by atoms with Gasteiger partial charge in [-0.3, -0.25) is 0 Å². The molecule has 2 unspecified atom stereocenters. The number of piperidine rings is 1. The molecule has 2 aliphatic rings. The summed E-state index contributed by atoms with van der Waals surface area (Å²) in [7, 11) is 4.55. The van der Waals surface area contributed by atoms with E-state index in [2.05, 4.69) is 14.1 Å². The third-order valence-electron chi connectivity index (χ3n) is 5.41. The van der Waals surface area contributed by atoms with Crippen molar-refractivity contribution in [3.8, 4) is 0 Å². The van der Waals surface area contributed by atoms with Crippen molar-refractivity contribution in [3.63, 3.8) is 0 Å². The van der Waals surface area contributed by atoms with Gasteiger partial charge in [0.25, 0.3) is 0 Å². The number of aliphatic hydroxyl groups is 1. The highest BCUT2D eigenvalue weighted by Crippen LogP contribution is 2.40. The van der Waals surface area contributed by atoms with Gasteiger partial charge in [-0.05, 0) is 5.56 Å². The van der Waals surface area contributed by atoms with E-state index in [0.717, 1.165) is 17.3 Å². The van der Waals surface area contributed by atoms with Gasteiger partial charge in [-0.2, -0.15) is 0 Å². The molecule has 0 radical (unpaired) electrons. The predicted octanol–water partition coefficient (Wildman–Crippen LogP) is -0.963. The molecule has 0 saturated carbocycles. The summed E-state index contributed by atoms with van der Waals surface area (Å²) >= 11 is 0. The highest BCUT2D eigenvalue weighted by Gasteiger charge is 2.50. The van der Waals surface area contributed by atoms with Crippen LogP contribution in [0.15, 0.2) is 30.3 Å². The quantitative estimate of drug-likeness (QED) is 0.551. The van der Waals surface area contributed by atoms with Crippen LogP contribution in [0.25, 0.3) is 0 Å². The predicted molar refractivity (Wildman–Crippen MR) is 79.4 cm³/mol. The van der Waals surface area contributed by atoms with Crippen molar-refractivity contribution in [2.45, 2.75) is 50.0 Å². The van der Waals surface area contributed by atoms with Crippen molar-refractivity contribution >= 4 is 5.97 Å². The minimum Gasteiger partial charge on any atom is -1.00 e. The van der Waals surface area contributed by atoms with Gasteiger partial charge in [-0.15, -0.1) is 0 Å². The summed E-state index contributed by atoms with van der Waals surface area (Å²) < 4.78 is 6.63. The molecule has 0 aromatic heterocycles. The van der Waals surface area contributed by atoms with E-state index in [1.54, 1.807) is 12.1 Å². The third kappa shape index (κ3) is 3.21. The Bertz CT molecular complexity index is 504. The highest BCUT2D eigenvalue weighted by atomic mass is 79.9. The van der Waals surface area contributed by atoms with Gasteiger partial charge in [0.2, 0.25) is 0 Å². The number of ether oxygens (including phenoxy) is 1. The topological polar surface area (TPSA) is 46.5 Å². The standard InChI is InChI=1S/C17H24NO3.BrH/c1-18(2)13-8-9-14(18)11-15(10-13)21-17(20)16(19)12-6-4-3-5-7-12;/h3-7,13-16,19H,8-11H2,1-2H3;1H/q+1;/p-1/t13-,14+,15?,16?;. The zero-order chi connectivity index (χ0) is 15.0. The van der Waals surface area contributed by atoms with Gasteiger partial charge < -0.3 is 31.3 Å². The number of quaternary nitrogens is 1. The summed E-state index contributed by atoms with van der Waals surface area (Å²) in [5.41, 5.74) is 0.595. The van der Waals surface area contributed by atoms with Crippen molar-refractivity contribution in [1.29, 1.82) is 0 Å². The molecule has 2 fully saturated rings. The number of fused-ring (bicyclic) bond motifs is 2. The summed E-state index contributed by atoms with van der Waals surface area (Å²) in [5.74, 6) is -0.516. The summed E-state index contributed by atoms with van der Waals surface area (Å²) in [6.45, 7) is 0. The molecule has 0 amide bonds. The second-order valence-corrected chi connectivity index (χ2v) is 6.86. The van der Waals surface area contributed by atoms with E-state index in [9.17, 15) is 9.90 Å². The number of carbonyl (C=O) groups excluding carboxylic acids is 1. The Kier molecular flexibility index (Phi) is 5.30. The molecular weight excluding hydrogens is 346 g/mol. The lowest BCUT2D eigenvalue weighted by molar-refractivity contribution is -0.931. The Hall–Kier alpha value is -0.910. The highest BCUT2D eigenvalue weighted by molar-refractivity contribution is 5.76. The van der Waals surface area contributed by atoms with Gasteiger partial charge >= 0.3 is 5.97 Å². The molecule has 1 aromatic carbocycles. The number of carbonyl (C=O) groups is 1. The first-order chi connectivity index (χ1) is 9.98. The largest absolute Gasteiger partial charge is 1.00 e. The smallest absolute Gasteiger partial charge is 0.339 e. The zero-order valence-corrected chi connectivity index (χ0v) is 14.7. The summed E-state index contributed by atoms with van der Waals surface area (Å²) in [6, 6.07) is 10.1. The summed E-state index contributed by atoms with van der Waals surface area (Å²) in [5, 5.41) is 10.1. The van der Waals surface area contributed by atoms with Gasteiger partial charge in [-0.25, -0.2) is 4.79 Å².